The van der Waals surface area contributed by atoms with Crippen molar-refractivity contribution in [2.75, 3.05) is 31.6 Å². The Balaban J connectivity index is 1.62. The molecule has 2 amide bonds. The number of phenols is 1. The van der Waals surface area contributed by atoms with Gasteiger partial charge in [-0.2, -0.15) is 0 Å². The van der Waals surface area contributed by atoms with Crippen molar-refractivity contribution in [2.24, 2.45) is 5.73 Å². The summed E-state index contributed by atoms with van der Waals surface area (Å²) in [5.74, 6) is -1.41. The topological polar surface area (TPSA) is 105 Å². The monoisotopic (exact) mass is 479 g/mol. The van der Waals surface area contributed by atoms with Gasteiger partial charge < -0.3 is 20.9 Å². The average molecular weight is 480 g/mol. The van der Waals surface area contributed by atoms with Crippen LogP contribution in [-0.4, -0.2) is 48.1 Å². The van der Waals surface area contributed by atoms with Gasteiger partial charge in [0.05, 0.1) is 28.5 Å². The molecule has 0 atom stereocenters. The van der Waals surface area contributed by atoms with Crippen molar-refractivity contribution in [3.63, 3.8) is 0 Å². The predicted octanol–water partition coefficient (Wildman–Crippen LogP) is 4.10. The third kappa shape index (κ3) is 4.49. The molecule has 162 valence electrons. The van der Waals surface area contributed by atoms with Crippen LogP contribution in [0.3, 0.4) is 0 Å². The number of fused-ring (bicyclic) bond motifs is 1. The van der Waals surface area contributed by atoms with E-state index in [9.17, 15) is 14.7 Å². The van der Waals surface area contributed by atoms with Crippen molar-refractivity contribution in [2.45, 2.75) is 6.54 Å². The maximum absolute atomic E-state index is 12.9. The Bertz CT molecular complexity index is 1180. The summed E-state index contributed by atoms with van der Waals surface area (Å²) in [4.78, 5) is 27.3. The second-order valence-electron chi connectivity index (χ2n) is 7.11. The summed E-state index contributed by atoms with van der Waals surface area (Å²) in [6.07, 6.45) is 0. The summed E-state index contributed by atoms with van der Waals surface area (Å²) in [6.45, 7) is 3.80. The number of hydrogen-bond donors (Lipinski definition) is 3. The normalized spacial score (nSPS) is 14.6. The zero-order chi connectivity index (χ0) is 22.1. The van der Waals surface area contributed by atoms with E-state index in [0.717, 1.165) is 30.0 Å². The van der Waals surface area contributed by atoms with Gasteiger partial charge in [0.15, 0.2) is 5.75 Å². The first-order chi connectivity index (χ1) is 14.8. The Morgan fingerprint density at radius 1 is 1.23 bits per heavy atom. The molecule has 1 aliphatic rings. The summed E-state index contributed by atoms with van der Waals surface area (Å²) in [5.41, 5.74) is 7.11. The number of halogens is 2. The number of benzene rings is 2. The Labute approximate surface area is 192 Å². The van der Waals surface area contributed by atoms with Crippen molar-refractivity contribution < 1.29 is 19.4 Å². The molecule has 0 unspecified atom stereocenters. The van der Waals surface area contributed by atoms with Crippen molar-refractivity contribution in [1.29, 1.82) is 0 Å². The summed E-state index contributed by atoms with van der Waals surface area (Å²) in [6, 6.07) is 8.71. The number of ether oxygens (including phenoxy) is 1. The molecule has 3 aromatic rings. The van der Waals surface area contributed by atoms with Gasteiger partial charge in [-0.15, -0.1) is 11.3 Å². The summed E-state index contributed by atoms with van der Waals surface area (Å²) < 4.78 is 5.78. The van der Waals surface area contributed by atoms with Crippen molar-refractivity contribution in [3.05, 3.63) is 57.1 Å². The van der Waals surface area contributed by atoms with E-state index < -0.39 is 5.91 Å². The van der Waals surface area contributed by atoms with E-state index in [0.29, 0.717) is 35.4 Å². The minimum atomic E-state index is -0.736. The van der Waals surface area contributed by atoms with Crippen LogP contribution >= 0.6 is 34.5 Å². The van der Waals surface area contributed by atoms with E-state index in [-0.39, 0.29) is 32.3 Å². The van der Waals surface area contributed by atoms with Gasteiger partial charge in [0, 0.05) is 30.6 Å². The molecule has 0 radical (unpaired) electrons. The van der Waals surface area contributed by atoms with Gasteiger partial charge in [-0.25, -0.2) is 0 Å². The number of amides is 2. The van der Waals surface area contributed by atoms with Gasteiger partial charge in [0.25, 0.3) is 11.8 Å². The van der Waals surface area contributed by atoms with Crippen LogP contribution in [0.25, 0.3) is 10.1 Å². The Hall–Kier alpha value is -2.36. The van der Waals surface area contributed by atoms with E-state index in [1.165, 1.54) is 6.07 Å². The molecule has 7 nitrogen and oxygen atoms in total. The smallest absolute Gasteiger partial charge is 0.256 e. The number of morpholine rings is 1. The molecule has 4 rings (SSSR count). The van der Waals surface area contributed by atoms with Crippen molar-refractivity contribution in [3.8, 4) is 5.75 Å². The molecule has 0 aliphatic carbocycles. The van der Waals surface area contributed by atoms with Gasteiger partial charge in [0.2, 0.25) is 0 Å². The average Bonchev–Trinajstić information content (AvgIpc) is 3.11. The summed E-state index contributed by atoms with van der Waals surface area (Å²) in [7, 11) is 0. The molecule has 2 aromatic carbocycles. The number of rotatable bonds is 5. The molecule has 0 bridgehead atoms. The third-order valence-electron chi connectivity index (χ3n) is 5.02. The Kier molecular flexibility index (Phi) is 6.36. The zero-order valence-corrected chi connectivity index (χ0v) is 18.6. The number of primary amides is 1. The van der Waals surface area contributed by atoms with Gasteiger partial charge >= 0.3 is 0 Å². The lowest BCUT2D eigenvalue weighted by atomic mass is 10.1. The van der Waals surface area contributed by atoms with Crippen LogP contribution in [0.2, 0.25) is 10.0 Å². The number of nitrogens with zero attached hydrogens (tertiary/aromatic N) is 1. The lowest BCUT2D eigenvalue weighted by molar-refractivity contribution is 0.0342. The van der Waals surface area contributed by atoms with E-state index >= 15 is 0 Å². The molecular weight excluding hydrogens is 461 g/mol. The number of anilines is 1. The Morgan fingerprint density at radius 3 is 2.68 bits per heavy atom. The fourth-order valence-corrected chi connectivity index (χ4v) is 5.18. The molecule has 1 aromatic heterocycles. The largest absolute Gasteiger partial charge is 0.505 e. The molecule has 1 saturated heterocycles. The van der Waals surface area contributed by atoms with Crippen LogP contribution in [0.15, 0.2) is 30.3 Å². The molecule has 2 heterocycles. The highest BCUT2D eigenvalue weighted by Gasteiger charge is 2.23. The van der Waals surface area contributed by atoms with Crippen LogP contribution < -0.4 is 11.1 Å². The summed E-state index contributed by atoms with van der Waals surface area (Å²) >= 11 is 13.2. The predicted molar refractivity (Wildman–Crippen MR) is 123 cm³/mol. The fourth-order valence-electron chi connectivity index (χ4n) is 3.49. The number of aromatic hydroxyl groups is 1. The number of carbonyl (C=O) groups is 2. The van der Waals surface area contributed by atoms with E-state index in [1.54, 1.807) is 6.07 Å². The zero-order valence-electron chi connectivity index (χ0n) is 16.3. The highest BCUT2D eigenvalue weighted by atomic mass is 35.5. The minimum Gasteiger partial charge on any atom is -0.505 e. The molecular formula is C21H19Cl2N3O4S. The quantitative estimate of drug-likeness (QED) is 0.510. The van der Waals surface area contributed by atoms with Crippen molar-refractivity contribution >= 4 is 61.4 Å². The second kappa shape index (κ2) is 9.02. The highest BCUT2D eigenvalue weighted by molar-refractivity contribution is 7.24. The maximum atomic E-state index is 12.9. The van der Waals surface area contributed by atoms with E-state index in [2.05, 4.69) is 10.2 Å². The summed E-state index contributed by atoms with van der Waals surface area (Å²) in [5, 5.41) is 13.4. The molecule has 10 heteroatoms. The van der Waals surface area contributed by atoms with Crippen LogP contribution in [0.5, 0.6) is 5.75 Å². The van der Waals surface area contributed by atoms with Gasteiger partial charge in [-0.3, -0.25) is 14.5 Å². The molecule has 1 fully saturated rings. The number of nitrogens with two attached hydrogens (primary N) is 1. The van der Waals surface area contributed by atoms with E-state index in [4.69, 9.17) is 33.7 Å². The Morgan fingerprint density at radius 2 is 1.97 bits per heavy atom. The molecule has 4 N–H and O–H groups in total. The van der Waals surface area contributed by atoms with Crippen molar-refractivity contribution in [1.82, 2.24) is 4.90 Å². The first kappa shape index (κ1) is 21.9. The number of nitrogens with one attached hydrogen (secondary N) is 1. The number of phenolic OH excluding ortho intramolecular Hbond substituents is 1. The second-order valence-corrected chi connectivity index (χ2v) is 8.92. The number of thiophene rings is 1. The standard InChI is InChI=1S/C21H19Cl2N3O4S/c22-14-9-13-15(19(24)28)21(31-18(13)16(23)17(14)27)25-20(29)12-3-1-2-11(8-12)10-26-4-6-30-7-5-26/h1-3,8-9,27H,4-7,10H2,(H2,24,28)(H,25,29). The first-order valence-corrected chi connectivity index (χ1v) is 11.1. The lowest BCUT2D eigenvalue weighted by Crippen LogP contribution is -2.35. The third-order valence-corrected chi connectivity index (χ3v) is 6.93. The lowest BCUT2D eigenvalue weighted by Gasteiger charge is -2.26. The van der Waals surface area contributed by atoms with Gasteiger partial charge in [0.1, 0.15) is 10.0 Å². The first-order valence-electron chi connectivity index (χ1n) is 9.49. The van der Waals surface area contributed by atoms with Gasteiger partial charge in [-0.05, 0) is 23.8 Å². The number of carbonyl (C=O) groups excluding carboxylic acids is 2. The maximum Gasteiger partial charge on any atom is 0.256 e. The van der Waals surface area contributed by atoms with Gasteiger partial charge in [-0.1, -0.05) is 35.3 Å². The van der Waals surface area contributed by atoms with Crippen LogP contribution in [-0.2, 0) is 11.3 Å². The van der Waals surface area contributed by atoms with Crippen LogP contribution in [0.4, 0.5) is 5.00 Å². The molecule has 1 aliphatic heterocycles. The SMILES string of the molecule is NC(=O)c1c(NC(=O)c2cccc(CN3CCOCC3)c2)sc2c(Cl)c(O)c(Cl)cc12. The highest BCUT2D eigenvalue weighted by Crippen LogP contribution is 2.46. The van der Waals surface area contributed by atoms with Crippen LogP contribution in [0, 0.1) is 0 Å². The molecule has 0 spiro atoms. The van der Waals surface area contributed by atoms with Crippen LogP contribution in [0.1, 0.15) is 26.3 Å². The fraction of sp³-hybridized carbons (Fsp3) is 0.238. The number of hydrogen-bond acceptors (Lipinski definition) is 6. The molecule has 31 heavy (non-hydrogen) atoms. The minimum absolute atomic E-state index is 0.00278. The molecule has 0 saturated carbocycles. The van der Waals surface area contributed by atoms with E-state index in [1.807, 2.05) is 18.2 Å².